The second-order valence-corrected chi connectivity index (χ2v) is 9.52. The quantitative estimate of drug-likeness (QED) is 0.584. The van der Waals surface area contributed by atoms with E-state index in [1.54, 1.807) is 30.5 Å². The number of aryl methyl sites for hydroxylation is 2. The molecular weight excluding hydrogens is 418 g/mol. The molecule has 0 spiro atoms. The number of nitrogens with two attached hydrogens (primary N) is 1. The molecule has 3 aromatic rings. The summed E-state index contributed by atoms with van der Waals surface area (Å²) in [6.45, 7) is 4.53. The lowest BCUT2D eigenvalue weighted by molar-refractivity contribution is 0.0950. The van der Waals surface area contributed by atoms with Crippen LogP contribution in [0.4, 0.5) is 0 Å². The lowest BCUT2D eigenvalue weighted by Crippen LogP contribution is -2.26. The molecule has 156 valence electrons. The van der Waals surface area contributed by atoms with Crippen LogP contribution >= 0.6 is 11.8 Å². The molecule has 6 nitrogen and oxygen atoms in total. The largest absolute Gasteiger partial charge is 0.352 e. The smallest absolute Gasteiger partial charge is 0.254 e. The molecule has 0 atom stereocenters. The molecule has 3 rings (SSSR count). The Morgan fingerprint density at radius 2 is 1.80 bits per heavy atom. The van der Waals surface area contributed by atoms with Crippen LogP contribution in [-0.4, -0.2) is 25.9 Å². The summed E-state index contributed by atoms with van der Waals surface area (Å²) in [6, 6.07) is 16.0. The van der Waals surface area contributed by atoms with Crippen LogP contribution in [0.15, 0.2) is 75.6 Å². The number of sulfonamides is 1. The highest BCUT2D eigenvalue weighted by atomic mass is 32.2. The Balaban J connectivity index is 1.64. The van der Waals surface area contributed by atoms with Gasteiger partial charge in [-0.1, -0.05) is 30.0 Å². The Hall–Kier alpha value is -2.68. The number of carbonyl (C=O) groups excluding carboxylic acids is 1. The predicted molar refractivity (Wildman–Crippen MR) is 118 cm³/mol. The van der Waals surface area contributed by atoms with Gasteiger partial charge in [0.25, 0.3) is 5.91 Å². The van der Waals surface area contributed by atoms with Crippen molar-refractivity contribution in [1.29, 1.82) is 0 Å². The van der Waals surface area contributed by atoms with E-state index in [1.807, 2.05) is 6.07 Å². The van der Waals surface area contributed by atoms with Gasteiger partial charge < -0.3 is 5.32 Å². The van der Waals surface area contributed by atoms with E-state index >= 15 is 0 Å². The number of hydrogen-bond donors (Lipinski definition) is 2. The lowest BCUT2D eigenvalue weighted by atomic mass is 10.1. The monoisotopic (exact) mass is 441 g/mol. The topological polar surface area (TPSA) is 102 Å². The van der Waals surface area contributed by atoms with Crippen molar-refractivity contribution in [3.05, 3.63) is 83.0 Å². The fourth-order valence-electron chi connectivity index (χ4n) is 2.80. The average Bonchev–Trinajstić information content (AvgIpc) is 2.71. The molecule has 8 heteroatoms. The summed E-state index contributed by atoms with van der Waals surface area (Å²) in [4.78, 5) is 18.2. The molecular formula is C22H23N3O3S2. The maximum atomic E-state index is 12.7. The maximum Gasteiger partial charge on any atom is 0.254 e. The second kappa shape index (κ2) is 9.42. The molecule has 0 aliphatic carbocycles. The first kappa shape index (κ1) is 22.0. The highest BCUT2D eigenvalue weighted by molar-refractivity contribution is 7.99. The summed E-state index contributed by atoms with van der Waals surface area (Å²) in [5, 5.41) is 8.66. The normalized spacial score (nSPS) is 11.3. The molecule has 2 aromatic carbocycles. The van der Waals surface area contributed by atoms with Gasteiger partial charge in [-0.15, -0.1) is 0 Å². The number of nitrogens with zero attached hydrogens (tertiary/aromatic N) is 1. The number of nitrogens with one attached hydrogen (secondary N) is 1. The van der Waals surface area contributed by atoms with Crippen molar-refractivity contribution in [3.63, 3.8) is 0 Å². The minimum atomic E-state index is -3.70. The zero-order valence-electron chi connectivity index (χ0n) is 16.8. The Bertz CT molecular complexity index is 1160. The van der Waals surface area contributed by atoms with Crippen LogP contribution in [0.25, 0.3) is 0 Å². The first-order chi connectivity index (χ1) is 14.2. The van der Waals surface area contributed by atoms with Crippen LogP contribution in [0.5, 0.6) is 0 Å². The van der Waals surface area contributed by atoms with E-state index < -0.39 is 10.0 Å². The van der Waals surface area contributed by atoms with Crippen LogP contribution in [-0.2, 0) is 16.4 Å². The van der Waals surface area contributed by atoms with Crippen molar-refractivity contribution >= 4 is 27.7 Å². The summed E-state index contributed by atoms with van der Waals surface area (Å²) in [7, 11) is -3.70. The summed E-state index contributed by atoms with van der Waals surface area (Å²) in [5.41, 5.74) is 3.83. The Kier molecular flexibility index (Phi) is 6.91. The molecule has 1 aromatic heterocycles. The van der Waals surface area contributed by atoms with Gasteiger partial charge in [0, 0.05) is 17.6 Å². The van der Waals surface area contributed by atoms with Crippen molar-refractivity contribution in [2.75, 3.05) is 6.54 Å². The first-order valence-corrected chi connectivity index (χ1v) is 11.7. The number of hydrogen-bond acceptors (Lipinski definition) is 5. The fourth-order valence-corrected chi connectivity index (χ4v) is 4.29. The molecule has 0 bridgehead atoms. The van der Waals surface area contributed by atoms with Gasteiger partial charge in [0.05, 0.1) is 10.5 Å². The van der Waals surface area contributed by atoms with Crippen molar-refractivity contribution in [2.45, 2.75) is 35.1 Å². The number of benzene rings is 2. The first-order valence-electron chi connectivity index (χ1n) is 9.34. The van der Waals surface area contributed by atoms with Gasteiger partial charge in [-0.05, 0) is 73.4 Å². The molecule has 0 saturated carbocycles. The summed E-state index contributed by atoms with van der Waals surface area (Å²) < 4.78 is 22.6. The third kappa shape index (κ3) is 5.69. The van der Waals surface area contributed by atoms with Gasteiger partial charge in [0.2, 0.25) is 10.0 Å². The maximum absolute atomic E-state index is 12.7. The van der Waals surface area contributed by atoms with Crippen molar-refractivity contribution < 1.29 is 13.2 Å². The summed E-state index contributed by atoms with van der Waals surface area (Å²) in [5.74, 6) is -0.199. The third-order valence-corrected chi connectivity index (χ3v) is 6.60. The summed E-state index contributed by atoms with van der Waals surface area (Å²) >= 11 is 1.46. The highest BCUT2D eigenvalue weighted by Gasteiger charge is 2.14. The molecule has 0 radical (unpaired) electrons. The zero-order valence-corrected chi connectivity index (χ0v) is 18.4. The summed E-state index contributed by atoms with van der Waals surface area (Å²) in [6.07, 6.45) is 2.24. The van der Waals surface area contributed by atoms with E-state index in [9.17, 15) is 13.2 Å². The van der Waals surface area contributed by atoms with E-state index in [2.05, 4.69) is 36.3 Å². The highest BCUT2D eigenvalue weighted by Crippen LogP contribution is 2.29. The average molecular weight is 442 g/mol. The third-order valence-electron chi connectivity index (χ3n) is 4.66. The molecule has 1 amide bonds. The zero-order chi connectivity index (χ0) is 21.7. The molecule has 0 aliphatic heterocycles. The number of carbonyl (C=O) groups is 1. The number of pyridine rings is 1. The Labute approximate surface area is 181 Å². The van der Waals surface area contributed by atoms with E-state index in [-0.39, 0.29) is 10.8 Å². The van der Waals surface area contributed by atoms with Gasteiger partial charge in [-0.3, -0.25) is 4.79 Å². The van der Waals surface area contributed by atoms with Crippen molar-refractivity contribution in [1.82, 2.24) is 10.3 Å². The minimum Gasteiger partial charge on any atom is -0.352 e. The van der Waals surface area contributed by atoms with E-state index in [0.717, 1.165) is 10.5 Å². The van der Waals surface area contributed by atoms with Crippen LogP contribution in [0.1, 0.15) is 27.0 Å². The van der Waals surface area contributed by atoms with Gasteiger partial charge in [0.1, 0.15) is 5.03 Å². The van der Waals surface area contributed by atoms with Gasteiger partial charge in [-0.25, -0.2) is 18.5 Å². The number of amides is 1. The molecule has 1 heterocycles. The second-order valence-electron chi connectivity index (χ2n) is 6.90. The molecule has 0 aliphatic rings. The molecule has 0 unspecified atom stereocenters. The minimum absolute atomic E-state index is 0.0682. The van der Waals surface area contributed by atoms with Crippen LogP contribution in [0, 0.1) is 13.8 Å². The van der Waals surface area contributed by atoms with Crippen LogP contribution < -0.4 is 10.5 Å². The van der Waals surface area contributed by atoms with E-state index in [1.165, 1.54) is 35.0 Å². The number of aromatic nitrogens is 1. The molecule has 0 saturated heterocycles. The molecule has 0 fully saturated rings. The van der Waals surface area contributed by atoms with Gasteiger partial charge in [-0.2, -0.15) is 0 Å². The van der Waals surface area contributed by atoms with Crippen LogP contribution in [0.2, 0.25) is 0 Å². The van der Waals surface area contributed by atoms with E-state index in [4.69, 9.17) is 5.14 Å². The standard InChI is InChI=1S/C22H23N3O3S2/c1-15-5-8-18(14-16(15)2)29-22-20(4-3-12-25-22)21(26)24-13-11-17-6-9-19(10-7-17)30(23,27)28/h3-10,12,14H,11,13H2,1-2H3,(H,24,26)(H2,23,27,28). The molecule has 3 N–H and O–H groups in total. The van der Waals surface area contributed by atoms with Gasteiger partial charge in [0.15, 0.2) is 0 Å². The SMILES string of the molecule is Cc1ccc(Sc2ncccc2C(=O)NCCc2ccc(S(N)(=O)=O)cc2)cc1C. The Morgan fingerprint density at radius 1 is 1.07 bits per heavy atom. The Morgan fingerprint density at radius 3 is 2.47 bits per heavy atom. The number of rotatable bonds is 7. The molecule has 30 heavy (non-hydrogen) atoms. The van der Waals surface area contributed by atoms with Gasteiger partial charge >= 0.3 is 0 Å². The lowest BCUT2D eigenvalue weighted by Gasteiger charge is -2.10. The number of primary sulfonamides is 1. The van der Waals surface area contributed by atoms with E-state index in [0.29, 0.717) is 23.6 Å². The van der Waals surface area contributed by atoms with Crippen LogP contribution in [0.3, 0.4) is 0 Å². The van der Waals surface area contributed by atoms with Crippen molar-refractivity contribution in [3.8, 4) is 0 Å². The fraction of sp³-hybridized carbons (Fsp3) is 0.182. The predicted octanol–water partition coefficient (Wildman–Crippen LogP) is 3.47. The van der Waals surface area contributed by atoms with Crippen molar-refractivity contribution in [2.24, 2.45) is 5.14 Å².